The van der Waals surface area contributed by atoms with E-state index in [-0.39, 0.29) is 49.3 Å². The van der Waals surface area contributed by atoms with Crippen LogP contribution in [0.25, 0.3) is 5.65 Å². The number of amides is 2. The number of fused-ring (bicyclic) bond motifs is 1. The maximum atomic E-state index is 13.9. The molecule has 3 aliphatic rings. The van der Waals surface area contributed by atoms with E-state index in [4.69, 9.17) is 0 Å². The van der Waals surface area contributed by atoms with Crippen molar-refractivity contribution in [3.8, 4) is 0 Å². The standard InChI is InChI=1S/C26H31F6N5O2/c27-11-16-9-18(16)24(39)36-23(15-3-6-25(28,29)7-4-15)19-13-37-20(34-19)10-17(12-33-37)22(14-1-2-14)35-21(38)5-8-26(30,31)32/h10,12-16,18,22-23H,1-9,11H2,(H,35,38)(H,36,39)/t16-,18-,22?,23-/m0/s1. The van der Waals surface area contributed by atoms with Gasteiger partial charge in [-0.05, 0) is 61.5 Å². The molecule has 0 aliphatic heterocycles. The summed E-state index contributed by atoms with van der Waals surface area (Å²) in [6.45, 7) is -0.589. The highest BCUT2D eigenvalue weighted by molar-refractivity contribution is 5.82. The number of alkyl halides is 6. The molecule has 0 aromatic carbocycles. The molecule has 2 heterocycles. The predicted octanol–water partition coefficient (Wildman–Crippen LogP) is 5.23. The zero-order chi connectivity index (χ0) is 27.9. The third kappa shape index (κ3) is 6.84. The number of aromatic nitrogens is 3. The normalized spacial score (nSPS) is 24.8. The quantitative estimate of drug-likeness (QED) is 0.391. The van der Waals surface area contributed by atoms with E-state index in [0.29, 0.717) is 23.3 Å². The summed E-state index contributed by atoms with van der Waals surface area (Å²) < 4.78 is 79.8. The van der Waals surface area contributed by atoms with Crippen LogP contribution in [0.2, 0.25) is 0 Å². The Bertz CT molecular complexity index is 1200. The average molecular weight is 560 g/mol. The van der Waals surface area contributed by atoms with Crippen LogP contribution >= 0.6 is 0 Å². The molecule has 3 aliphatic carbocycles. The van der Waals surface area contributed by atoms with E-state index in [9.17, 15) is 35.9 Å². The van der Waals surface area contributed by atoms with Crippen LogP contribution in [-0.2, 0) is 9.59 Å². The third-order valence-electron chi connectivity index (χ3n) is 8.07. The minimum Gasteiger partial charge on any atom is -0.349 e. The number of hydrogen-bond donors (Lipinski definition) is 2. The number of hydrogen-bond acceptors (Lipinski definition) is 4. The topological polar surface area (TPSA) is 88.4 Å². The van der Waals surface area contributed by atoms with Gasteiger partial charge in [-0.2, -0.15) is 18.3 Å². The zero-order valence-corrected chi connectivity index (χ0v) is 21.2. The molecule has 3 fully saturated rings. The highest BCUT2D eigenvalue weighted by atomic mass is 19.4. The molecule has 5 rings (SSSR count). The maximum Gasteiger partial charge on any atom is 0.389 e. The molecule has 13 heteroatoms. The Labute approximate surface area is 221 Å². The Kier molecular flexibility index (Phi) is 7.53. The summed E-state index contributed by atoms with van der Waals surface area (Å²) in [5.74, 6) is -4.73. The van der Waals surface area contributed by atoms with Crippen molar-refractivity contribution < 1.29 is 35.9 Å². The number of imidazole rings is 1. The summed E-state index contributed by atoms with van der Waals surface area (Å²) in [5.41, 5.74) is 1.44. The van der Waals surface area contributed by atoms with Gasteiger partial charge in [0, 0.05) is 25.2 Å². The lowest BCUT2D eigenvalue weighted by molar-refractivity contribution is -0.144. The van der Waals surface area contributed by atoms with Gasteiger partial charge < -0.3 is 10.6 Å². The molecule has 2 amide bonds. The summed E-state index contributed by atoms with van der Waals surface area (Å²) in [6, 6.07) is 0.533. The SMILES string of the molecule is O=C(CCC(F)(F)F)NC(c1cnn2cc([C@@H](NC(=O)[C@H]3C[C@H]3CF)C3CCC(F)(F)CC3)nc2c1)C1CC1. The van der Waals surface area contributed by atoms with Gasteiger partial charge in [-0.25, -0.2) is 18.3 Å². The molecular weight excluding hydrogens is 528 g/mol. The van der Waals surface area contributed by atoms with Gasteiger partial charge in [-0.15, -0.1) is 0 Å². The molecule has 4 atom stereocenters. The van der Waals surface area contributed by atoms with Crippen molar-refractivity contribution >= 4 is 17.5 Å². The first-order chi connectivity index (χ1) is 18.4. The highest BCUT2D eigenvalue weighted by Crippen LogP contribution is 2.44. The number of carbonyl (C=O) groups excluding carboxylic acids is 2. The summed E-state index contributed by atoms with van der Waals surface area (Å²) >= 11 is 0. The Morgan fingerprint density at radius 2 is 1.77 bits per heavy atom. The first-order valence-corrected chi connectivity index (χ1v) is 13.4. The molecule has 0 radical (unpaired) electrons. The molecule has 214 valence electrons. The minimum absolute atomic E-state index is 0.0801. The van der Waals surface area contributed by atoms with Crippen molar-refractivity contribution in [3.05, 3.63) is 29.7 Å². The molecule has 2 aromatic rings. The van der Waals surface area contributed by atoms with Crippen molar-refractivity contribution in [1.82, 2.24) is 25.2 Å². The largest absolute Gasteiger partial charge is 0.389 e. The van der Waals surface area contributed by atoms with E-state index in [1.165, 1.54) is 10.7 Å². The molecule has 0 bridgehead atoms. The average Bonchev–Trinajstić information content (AvgIpc) is 3.80. The number of nitrogens with zero attached hydrogens (tertiary/aromatic N) is 3. The van der Waals surface area contributed by atoms with Crippen LogP contribution in [0, 0.1) is 23.7 Å². The number of nitrogens with one attached hydrogen (secondary N) is 2. The highest BCUT2D eigenvalue weighted by Gasteiger charge is 2.45. The van der Waals surface area contributed by atoms with Crippen molar-refractivity contribution in [3.63, 3.8) is 0 Å². The Hall–Kier alpha value is -2.86. The van der Waals surface area contributed by atoms with E-state index in [0.717, 1.165) is 12.8 Å². The van der Waals surface area contributed by atoms with Crippen molar-refractivity contribution in [1.29, 1.82) is 0 Å². The molecule has 7 nitrogen and oxygen atoms in total. The second-order valence-electron chi connectivity index (χ2n) is 11.2. The molecule has 2 aromatic heterocycles. The molecule has 0 saturated heterocycles. The van der Waals surface area contributed by atoms with Gasteiger partial charge in [0.1, 0.15) is 0 Å². The lowest BCUT2D eigenvalue weighted by Gasteiger charge is -2.33. The summed E-state index contributed by atoms with van der Waals surface area (Å²) in [6.07, 6.45) is -1.29. The van der Waals surface area contributed by atoms with Gasteiger partial charge in [0.2, 0.25) is 17.7 Å². The minimum atomic E-state index is -4.42. The fraction of sp³-hybridized carbons (Fsp3) is 0.692. The first kappa shape index (κ1) is 27.7. The van der Waals surface area contributed by atoms with Gasteiger partial charge in [-0.1, -0.05) is 0 Å². The van der Waals surface area contributed by atoms with Gasteiger partial charge in [0.25, 0.3) is 0 Å². The smallest absolute Gasteiger partial charge is 0.349 e. The number of carbonyl (C=O) groups is 2. The molecule has 39 heavy (non-hydrogen) atoms. The van der Waals surface area contributed by atoms with E-state index in [1.54, 1.807) is 12.3 Å². The second-order valence-corrected chi connectivity index (χ2v) is 11.2. The summed E-state index contributed by atoms with van der Waals surface area (Å²) in [5, 5.41) is 10.0. The number of halogens is 6. The number of rotatable bonds is 10. The van der Waals surface area contributed by atoms with Crippen molar-refractivity contribution in [2.24, 2.45) is 23.7 Å². The zero-order valence-electron chi connectivity index (χ0n) is 21.2. The van der Waals surface area contributed by atoms with Gasteiger partial charge in [0.05, 0.1) is 43.3 Å². The van der Waals surface area contributed by atoms with Crippen LogP contribution in [0.15, 0.2) is 18.5 Å². The van der Waals surface area contributed by atoms with Gasteiger partial charge in [0.15, 0.2) is 5.65 Å². The third-order valence-corrected chi connectivity index (χ3v) is 8.07. The Morgan fingerprint density at radius 1 is 1.08 bits per heavy atom. The monoisotopic (exact) mass is 559 g/mol. The van der Waals surface area contributed by atoms with Crippen LogP contribution in [-0.4, -0.2) is 45.2 Å². The Balaban J connectivity index is 1.36. The molecule has 0 spiro atoms. The predicted molar refractivity (Wildman–Crippen MR) is 127 cm³/mol. The van der Waals surface area contributed by atoms with Crippen LogP contribution in [0.4, 0.5) is 26.3 Å². The second kappa shape index (κ2) is 10.6. The van der Waals surface area contributed by atoms with Crippen LogP contribution < -0.4 is 10.6 Å². The van der Waals surface area contributed by atoms with Gasteiger partial charge >= 0.3 is 6.18 Å². The van der Waals surface area contributed by atoms with E-state index >= 15 is 0 Å². The molecule has 2 N–H and O–H groups in total. The molecule has 3 saturated carbocycles. The summed E-state index contributed by atoms with van der Waals surface area (Å²) in [7, 11) is 0. The summed E-state index contributed by atoms with van der Waals surface area (Å²) in [4.78, 5) is 29.7. The van der Waals surface area contributed by atoms with E-state index in [1.807, 2.05) is 0 Å². The van der Waals surface area contributed by atoms with Crippen molar-refractivity contribution in [2.75, 3.05) is 6.67 Å². The van der Waals surface area contributed by atoms with E-state index in [2.05, 4.69) is 20.7 Å². The van der Waals surface area contributed by atoms with Crippen LogP contribution in [0.3, 0.4) is 0 Å². The fourth-order valence-electron chi connectivity index (χ4n) is 5.46. The maximum absolute atomic E-state index is 13.9. The molecular formula is C26H31F6N5O2. The lowest BCUT2D eigenvalue weighted by Crippen LogP contribution is -2.38. The van der Waals surface area contributed by atoms with Crippen LogP contribution in [0.5, 0.6) is 0 Å². The first-order valence-electron chi connectivity index (χ1n) is 13.4. The van der Waals surface area contributed by atoms with E-state index < -0.39 is 55.5 Å². The molecule has 1 unspecified atom stereocenters. The fourth-order valence-corrected chi connectivity index (χ4v) is 5.46. The van der Waals surface area contributed by atoms with Crippen LogP contribution in [0.1, 0.15) is 81.1 Å². The lowest BCUT2D eigenvalue weighted by atomic mass is 9.81. The Morgan fingerprint density at radius 3 is 2.38 bits per heavy atom. The van der Waals surface area contributed by atoms with Gasteiger partial charge in [-0.3, -0.25) is 14.0 Å². The van der Waals surface area contributed by atoms with Crippen molar-refractivity contribution in [2.45, 2.75) is 82.0 Å².